The van der Waals surface area contributed by atoms with E-state index < -0.39 is 0 Å². The van der Waals surface area contributed by atoms with Gasteiger partial charge >= 0.3 is 0 Å². The molecule has 1 aliphatic heterocycles. The van der Waals surface area contributed by atoms with Crippen LogP contribution in [-0.2, 0) is 11.2 Å². The summed E-state index contributed by atoms with van der Waals surface area (Å²) in [4.78, 5) is 14.6. The van der Waals surface area contributed by atoms with Crippen molar-refractivity contribution in [2.75, 3.05) is 26.2 Å². The molecule has 4 nitrogen and oxygen atoms in total. The van der Waals surface area contributed by atoms with Gasteiger partial charge in [-0.3, -0.25) is 4.79 Å². The van der Waals surface area contributed by atoms with Crippen LogP contribution in [0.1, 0.15) is 42.9 Å². The van der Waals surface area contributed by atoms with Crippen molar-refractivity contribution in [3.8, 4) is 0 Å². The highest BCUT2D eigenvalue weighted by atomic mass is 35.5. The number of aryl methyl sites for hydroxylation is 1. The maximum atomic E-state index is 12.6. The molecular formula is C19H27ClN2O2. The summed E-state index contributed by atoms with van der Waals surface area (Å²) in [7, 11) is 0. The minimum absolute atomic E-state index is 0. The predicted octanol–water partition coefficient (Wildman–Crippen LogP) is 3.65. The molecule has 1 aliphatic rings. The van der Waals surface area contributed by atoms with Crippen molar-refractivity contribution >= 4 is 29.3 Å². The van der Waals surface area contributed by atoms with Gasteiger partial charge in [-0.25, -0.2) is 0 Å². The van der Waals surface area contributed by atoms with Gasteiger partial charge < -0.3 is 14.6 Å². The smallest absolute Gasteiger partial charge is 0.227 e. The number of nitrogens with one attached hydrogen (secondary N) is 1. The third-order valence-corrected chi connectivity index (χ3v) is 4.70. The van der Waals surface area contributed by atoms with Crippen LogP contribution in [0.5, 0.6) is 0 Å². The zero-order valence-corrected chi connectivity index (χ0v) is 15.5. The predicted molar refractivity (Wildman–Crippen MR) is 100 cm³/mol. The highest BCUT2D eigenvalue weighted by molar-refractivity contribution is 5.88. The van der Waals surface area contributed by atoms with E-state index in [0.29, 0.717) is 12.3 Å². The van der Waals surface area contributed by atoms with Crippen molar-refractivity contribution in [1.82, 2.24) is 10.2 Å². The van der Waals surface area contributed by atoms with Crippen LogP contribution in [0.2, 0.25) is 0 Å². The molecule has 2 aromatic rings. The first-order chi connectivity index (χ1) is 11.1. The van der Waals surface area contributed by atoms with Gasteiger partial charge in [0.05, 0.1) is 12.7 Å². The van der Waals surface area contributed by atoms with Crippen molar-refractivity contribution in [3.05, 3.63) is 35.1 Å². The third-order valence-electron chi connectivity index (χ3n) is 4.70. The topological polar surface area (TPSA) is 45.5 Å². The lowest BCUT2D eigenvalue weighted by atomic mass is 9.95. The second kappa shape index (κ2) is 8.04. The molecule has 0 saturated carbocycles. The van der Waals surface area contributed by atoms with Crippen molar-refractivity contribution in [2.45, 2.75) is 39.5 Å². The number of fused-ring (bicyclic) bond motifs is 1. The molecule has 1 fully saturated rings. The normalized spacial score (nSPS) is 15.4. The summed E-state index contributed by atoms with van der Waals surface area (Å²) in [6.07, 6.45) is 3.20. The number of hydrogen-bond acceptors (Lipinski definition) is 3. The van der Waals surface area contributed by atoms with E-state index in [1.54, 1.807) is 6.26 Å². The van der Waals surface area contributed by atoms with Crippen LogP contribution in [0, 0.1) is 6.92 Å². The number of carbonyl (C=O) groups excluding carboxylic acids is 1. The number of carbonyl (C=O) groups is 1. The Morgan fingerprint density at radius 2 is 2.08 bits per heavy atom. The molecule has 5 heteroatoms. The molecule has 0 radical (unpaired) electrons. The Morgan fingerprint density at radius 3 is 2.83 bits per heavy atom. The number of nitrogens with zero attached hydrogens (tertiary/aromatic N) is 1. The number of amides is 1. The zero-order valence-electron chi connectivity index (χ0n) is 14.7. The van der Waals surface area contributed by atoms with Crippen molar-refractivity contribution in [2.24, 2.45) is 0 Å². The van der Waals surface area contributed by atoms with Gasteiger partial charge in [0.15, 0.2) is 0 Å². The Hall–Kier alpha value is -1.52. The zero-order chi connectivity index (χ0) is 16.4. The molecule has 0 unspecified atom stereocenters. The maximum Gasteiger partial charge on any atom is 0.227 e. The first-order valence-electron chi connectivity index (χ1n) is 8.55. The largest absolute Gasteiger partial charge is 0.464 e. The highest BCUT2D eigenvalue weighted by Gasteiger charge is 2.18. The molecule has 24 heavy (non-hydrogen) atoms. The molecule has 0 atom stereocenters. The number of hydrogen-bond donors (Lipinski definition) is 1. The summed E-state index contributed by atoms with van der Waals surface area (Å²) in [6.45, 7) is 10.0. The van der Waals surface area contributed by atoms with Gasteiger partial charge in [0, 0.05) is 30.6 Å². The van der Waals surface area contributed by atoms with Crippen LogP contribution in [0.15, 0.2) is 22.8 Å². The van der Waals surface area contributed by atoms with Gasteiger partial charge in [0.2, 0.25) is 5.91 Å². The molecule has 0 aliphatic carbocycles. The summed E-state index contributed by atoms with van der Waals surface area (Å²) in [5.41, 5.74) is 4.46. The van der Waals surface area contributed by atoms with Crippen LogP contribution in [0.4, 0.5) is 0 Å². The molecule has 1 aromatic carbocycles. The first-order valence-corrected chi connectivity index (χ1v) is 8.55. The van der Waals surface area contributed by atoms with E-state index in [1.807, 2.05) is 4.90 Å². The second-order valence-electron chi connectivity index (χ2n) is 6.78. The average Bonchev–Trinajstić information content (AvgIpc) is 2.74. The molecular weight excluding hydrogens is 324 g/mol. The van der Waals surface area contributed by atoms with Gasteiger partial charge in [-0.1, -0.05) is 13.8 Å². The quantitative estimate of drug-likeness (QED) is 0.919. The van der Waals surface area contributed by atoms with Crippen molar-refractivity contribution in [3.63, 3.8) is 0 Å². The standard InChI is InChI=1S/C19H26N2O2.ClH/c1-13(2)16-11-17-15(12-23-18(17)9-14(16)3)10-19(22)21-7-4-5-20-6-8-21;/h9,11-13,20H,4-8,10H2,1-3H3;1H. The van der Waals surface area contributed by atoms with Crippen LogP contribution in [0.3, 0.4) is 0 Å². The fourth-order valence-electron chi connectivity index (χ4n) is 3.37. The van der Waals surface area contributed by atoms with E-state index in [-0.39, 0.29) is 18.3 Å². The van der Waals surface area contributed by atoms with E-state index in [0.717, 1.165) is 49.1 Å². The Kier molecular flexibility index (Phi) is 6.30. The van der Waals surface area contributed by atoms with E-state index >= 15 is 0 Å². The molecule has 1 aromatic heterocycles. The fourth-order valence-corrected chi connectivity index (χ4v) is 3.37. The fraction of sp³-hybridized carbons (Fsp3) is 0.526. The van der Waals surface area contributed by atoms with Crippen LogP contribution in [0.25, 0.3) is 11.0 Å². The summed E-state index contributed by atoms with van der Waals surface area (Å²) >= 11 is 0. The summed E-state index contributed by atoms with van der Waals surface area (Å²) < 4.78 is 5.69. The SMILES string of the molecule is Cc1cc2occ(CC(=O)N3CCCNCC3)c2cc1C(C)C.Cl. The Labute approximate surface area is 150 Å². The number of benzene rings is 1. The Balaban J connectivity index is 0.00000208. The lowest BCUT2D eigenvalue weighted by molar-refractivity contribution is -0.130. The van der Waals surface area contributed by atoms with Crippen LogP contribution < -0.4 is 5.32 Å². The molecule has 0 spiro atoms. The first kappa shape index (κ1) is 18.8. The van der Waals surface area contributed by atoms with Crippen molar-refractivity contribution in [1.29, 1.82) is 0 Å². The molecule has 0 bridgehead atoms. The van der Waals surface area contributed by atoms with Gasteiger partial charge in [0.1, 0.15) is 5.58 Å². The lowest BCUT2D eigenvalue weighted by Crippen LogP contribution is -2.35. The van der Waals surface area contributed by atoms with E-state index in [2.05, 4.69) is 38.2 Å². The van der Waals surface area contributed by atoms with E-state index in [9.17, 15) is 4.79 Å². The number of furan rings is 1. The maximum absolute atomic E-state index is 12.6. The lowest BCUT2D eigenvalue weighted by Gasteiger charge is -2.19. The number of rotatable bonds is 3. The summed E-state index contributed by atoms with van der Waals surface area (Å²) in [6, 6.07) is 4.29. The molecule has 3 rings (SSSR count). The van der Waals surface area contributed by atoms with E-state index in [4.69, 9.17) is 4.42 Å². The Morgan fingerprint density at radius 1 is 1.29 bits per heavy atom. The van der Waals surface area contributed by atoms with Crippen LogP contribution >= 0.6 is 12.4 Å². The average molecular weight is 351 g/mol. The second-order valence-corrected chi connectivity index (χ2v) is 6.78. The molecule has 1 amide bonds. The van der Waals surface area contributed by atoms with Crippen molar-refractivity contribution < 1.29 is 9.21 Å². The molecule has 1 saturated heterocycles. The molecule has 1 N–H and O–H groups in total. The molecule has 2 heterocycles. The number of halogens is 1. The van der Waals surface area contributed by atoms with Gasteiger partial charge in [-0.2, -0.15) is 0 Å². The van der Waals surface area contributed by atoms with Gasteiger partial charge in [-0.05, 0) is 49.1 Å². The highest BCUT2D eigenvalue weighted by Crippen LogP contribution is 2.29. The van der Waals surface area contributed by atoms with Gasteiger partial charge in [0.25, 0.3) is 0 Å². The van der Waals surface area contributed by atoms with Gasteiger partial charge in [-0.15, -0.1) is 12.4 Å². The minimum Gasteiger partial charge on any atom is -0.464 e. The summed E-state index contributed by atoms with van der Waals surface area (Å²) in [5, 5.41) is 4.42. The van der Waals surface area contributed by atoms with E-state index in [1.165, 1.54) is 11.1 Å². The van der Waals surface area contributed by atoms with Crippen LogP contribution in [-0.4, -0.2) is 37.0 Å². The third kappa shape index (κ3) is 3.93. The molecule has 132 valence electrons. The monoisotopic (exact) mass is 350 g/mol. The minimum atomic E-state index is 0. The Bertz CT molecular complexity index is 701. The summed E-state index contributed by atoms with van der Waals surface area (Å²) in [5.74, 6) is 0.664.